The van der Waals surface area contributed by atoms with Crippen molar-refractivity contribution in [1.29, 1.82) is 0 Å². The molecule has 1 unspecified atom stereocenters. The van der Waals surface area contributed by atoms with Crippen LogP contribution < -0.4 is 9.80 Å². The van der Waals surface area contributed by atoms with E-state index in [1.807, 2.05) is 69.3 Å². The zero-order valence-electron chi connectivity index (χ0n) is 24.4. The molecule has 5 rings (SSSR count). The lowest BCUT2D eigenvalue weighted by Gasteiger charge is -2.41. The van der Waals surface area contributed by atoms with Crippen LogP contribution in [0.3, 0.4) is 0 Å². The number of likely N-dealkylation sites (tertiary alicyclic amines) is 1. The van der Waals surface area contributed by atoms with E-state index in [2.05, 4.69) is 18.7 Å². The van der Waals surface area contributed by atoms with Gasteiger partial charge in [0.15, 0.2) is 0 Å². The zero-order valence-corrected chi connectivity index (χ0v) is 24.4. The second kappa shape index (κ2) is 10.3. The van der Waals surface area contributed by atoms with Crippen LogP contribution in [0.15, 0.2) is 48.6 Å². The first kappa shape index (κ1) is 28.4. The van der Waals surface area contributed by atoms with Gasteiger partial charge in [0, 0.05) is 44.6 Å². The van der Waals surface area contributed by atoms with E-state index in [-0.39, 0.29) is 30.2 Å². The molecule has 0 saturated carbocycles. The molecule has 0 aliphatic carbocycles. The molecule has 216 valence electrons. The molecule has 1 spiro atoms. The molecule has 1 aromatic rings. The number of hydrogen-bond acceptors (Lipinski definition) is 6. The van der Waals surface area contributed by atoms with E-state index < -0.39 is 35.1 Å². The van der Waals surface area contributed by atoms with Crippen LogP contribution in [0, 0.1) is 17.8 Å². The Balaban J connectivity index is 1.63. The summed E-state index contributed by atoms with van der Waals surface area (Å²) >= 11 is 0. The van der Waals surface area contributed by atoms with Crippen molar-refractivity contribution in [1.82, 2.24) is 9.80 Å². The molecule has 1 N–H and O–H groups in total. The van der Waals surface area contributed by atoms with E-state index in [0.717, 1.165) is 24.5 Å². The van der Waals surface area contributed by atoms with Crippen LogP contribution in [0.2, 0.25) is 0 Å². The maximum atomic E-state index is 14.6. The smallest absolute Gasteiger partial charge is 0.253 e. The lowest BCUT2D eigenvalue weighted by Crippen LogP contribution is -2.59. The second-order valence-electron chi connectivity index (χ2n) is 11.9. The standard InChI is InChI=1S/C31H42N4O5/c1-7-33(8-2)21-11-13-22(14-12-21)34-18-10-16-31-25(24-27(37)32(6)17-9-15-30(24,5)40-31)28(38)35(26(31)29(34)39)23(19-36)20(3)4/h9-16,20,23-26,36H,7-8,17-19H2,1-6H3/t23-,24-,25-,26?,30+,31-/m0/s1. The van der Waals surface area contributed by atoms with E-state index in [9.17, 15) is 19.5 Å². The highest BCUT2D eigenvalue weighted by atomic mass is 16.5. The van der Waals surface area contributed by atoms with E-state index in [4.69, 9.17) is 4.74 Å². The number of nitrogens with zero attached hydrogens (tertiary/aromatic N) is 4. The number of benzene rings is 1. The van der Waals surface area contributed by atoms with Gasteiger partial charge in [0.1, 0.15) is 11.6 Å². The second-order valence-corrected chi connectivity index (χ2v) is 11.9. The van der Waals surface area contributed by atoms with E-state index >= 15 is 0 Å². The Morgan fingerprint density at radius 2 is 1.62 bits per heavy atom. The van der Waals surface area contributed by atoms with Gasteiger partial charge in [-0.3, -0.25) is 14.4 Å². The molecule has 2 fully saturated rings. The zero-order chi connectivity index (χ0) is 29.0. The van der Waals surface area contributed by atoms with Gasteiger partial charge in [0.05, 0.1) is 30.1 Å². The van der Waals surface area contributed by atoms with Gasteiger partial charge in [-0.1, -0.05) is 38.2 Å². The molecule has 0 aromatic heterocycles. The number of amides is 3. The molecule has 0 radical (unpaired) electrons. The average molecular weight is 551 g/mol. The Morgan fingerprint density at radius 3 is 2.23 bits per heavy atom. The van der Waals surface area contributed by atoms with E-state index in [1.54, 1.807) is 16.8 Å². The average Bonchev–Trinajstić information content (AvgIpc) is 3.20. The third-order valence-corrected chi connectivity index (χ3v) is 9.30. The van der Waals surface area contributed by atoms with Gasteiger partial charge in [-0.25, -0.2) is 0 Å². The molecule has 3 amide bonds. The van der Waals surface area contributed by atoms with Crippen molar-refractivity contribution >= 4 is 29.1 Å². The summed E-state index contributed by atoms with van der Waals surface area (Å²) in [4.78, 5) is 49.8. The van der Waals surface area contributed by atoms with Crippen molar-refractivity contribution in [3.05, 3.63) is 48.6 Å². The molecule has 0 bridgehead atoms. The molecule has 4 heterocycles. The molecule has 9 nitrogen and oxygen atoms in total. The number of carbonyl (C=O) groups is 3. The summed E-state index contributed by atoms with van der Waals surface area (Å²) in [5.41, 5.74) is -0.603. The summed E-state index contributed by atoms with van der Waals surface area (Å²) in [5, 5.41) is 10.4. The monoisotopic (exact) mass is 550 g/mol. The lowest BCUT2D eigenvalue weighted by molar-refractivity contribution is -0.151. The van der Waals surface area contributed by atoms with Gasteiger partial charge in [0.2, 0.25) is 11.8 Å². The minimum Gasteiger partial charge on any atom is -0.394 e. The molecular weight excluding hydrogens is 508 g/mol. The van der Waals surface area contributed by atoms with Crippen LogP contribution in [0.5, 0.6) is 0 Å². The fourth-order valence-electron chi connectivity index (χ4n) is 7.22. The van der Waals surface area contributed by atoms with Crippen LogP contribution >= 0.6 is 0 Å². The number of carbonyl (C=O) groups excluding carboxylic acids is 3. The number of fused-ring (bicyclic) bond motifs is 2. The highest BCUT2D eigenvalue weighted by Gasteiger charge is 2.75. The minimum atomic E-state index is -1.34. The largest absolute Gasteiger partial charge is 0.394 e. The fraction of sp³-hybridized carbons (Fsp3) is 0.581. The van der Waals surface area contributed by atoms with Crippen LogP contribution in [0.1, 0.15) is 34.6 Å². The fourth-order valence-corrected chi connectivity index (χ4v) is 7.22. The molecule has 4 aliphatic heterocycles. The first-order valence-electron chi connectivity index (χ1n) is 14.4. The number of anilines is 2. The van der Waals surface area contributed by atoms with Crippen LogP contribution in [-0.2, 0) is 19.1 Å². The first-order valence-corrected chi connectivity index (χ1v) is 14.4. The van der Waals surface area contributed by atoms with Gasteiger partial charge < -0.3 is 29.4 Å². The normalized spacial score (nSPS) is 32.2. The molecule has 1 aromatic carbocycles. The molecule has 6 atom stereocenters. The number of aliphatic hydroxyl groups is 1. The van der Waals surface area contributed by atoms with E-state index in [1.165, 1.54) is 4.90 Å². The van der Waals surface area contributed by atoms with Crippen LogP contribution in [0.25, 0.3) is 0 Å². The number of rotatable bonds is 7. The summed E-state index contributed by atoms with van der Waals surface area (Å²) in [6.07, 6.45) is 7.50. The molecule has 40 heavy (non-hydrogen) atoms. The van der Waals surface area contributed by atoms with Crippen molar-refractivity contribution in [2.75, 3.05) is 49.6 Å². The lowest BCUT2D eigenvalue weighted by atomic mass is 9.74. The molecular formula is C31H42N4O5. The van der Waals surface area contributed by atoms with Crippen LogP contribution in [-0.4, -0.2) is 95.7 Å². The van der Waals surface area contributed by atoms with Gasteiger partial charge in [0.25, 0.3) is 5.91 Å². The first-order chi connectivity index (χ1) is 19.0. The molecule has 2 saturated heterocycles. The Kier molecular flexibility index (Phi) is 7.33. The van der Waals surface area contributed by atoms with Crippen molar-refractivity contribution in [2.45, 2.75) is 57.9 Å². The summed E-state index contributed by atoms with van der Waals surface area (Å²) in [5.74, 6) is -2.58. The summed E-state index contributed by atoms with van der Waals surface area (Å²) in [6.45, 7) is 12.1. The third kappa shape index (κ3) is 4.08. The maximum Gasteiger partial charge on any atom is 0.253 e. The quantitative estimate of drug-likeness (QED) is 0.525. The van der Waals surface area contributed by atoms with E-state index in [0.29, 0.717) is 13.1 Å². The Bertz CT molecular complexity index is 1220. The number of aliphatic hydroxyl groups excluding tert-OH is 1. The predicted octanol–water partition coefficient (Wildman–Crippen LogP) is 2.45. The highest BCUT2D eigenvalue weighted by molar-refractivity contribution is 6.06. The third-order valence-electron chi connectivity index (χ3n) is 9.30. The van der Waals surface area contributed by atoms with Gasteiger partial charge in [-0.05, 0) is 51.0 Å². The minimum absolute atomic E-state index is 0.120. The number of ether oxygens (including phenoxy) is 1. The summed E-state index contributed by atoms with van der Waals surface area (Å²) in [6, 6.07) is 6.26. The van der Waals surface area contributed by atoms with Gasteiger partial charge >= 0.3 is 0 Å². The number of likely N-dealkylation sites (N-methyl/N-ethyl adjacent to an activating group) is 1. The summed E-state index contributed by atoms with van der Waals surface area (Å²) < 4.78 is 6.84. The SMILES string of the molecule is CCN(CC)c1ccc(N2CC=C[C@]34O[C@]5(C)C=CCN(C)C(=O)[C@@H]5[C@H]3C(=O)N([C@@H](CO)C(C)C)C4C2=O)cc1. The molecule has 9 heteroatoms. The Morgan fingerprint density at radius 1 is 0.975 bits per heavy atom. The highest BCUT2D eigenvalue weighted by Crippen LogP contribution is 2.58. The van der Waals surface area contributed by atoms with Gasteiger partial charge in [-0.15, -0.1) is 0 Å². The number of hydrogen-bond donors (Lipinski definition) is 1. The summed E-state index contributed by atoms with van der Waals surface area (Å²) in [7, 11) is 1.72. The predicted molar refractivity (Wildman–Crippen MR) is 154 cm³/mol. The maximum absolute atomic E-state index is 14.6. The van der Waals surface area contributed by atoms with Crippen molar-refractivity contribution in [3.63, 3.8) is 0 Å². The van der Waals surface area contributed by atoms with Crippen molar-refractivity contribution in [3.8, 4) is 0 Å². The Hall–Kier alpha value is -3.17. The van der Waals surface area contributed by atoms with Crippen LogP contribution in [0.4, 0.5) is 11.4 Å². The van der Waals surface area contributed by atoms with Gasteiger partial charge in [-0.2, -0.15) is 0 Å². The molecule has 4 aliphatic rings. The van der Waals surface area contributed by atoms with Crippen molar-refractivity contribution in [2.24, 2.45) is 17.8 Å². The van der Waals surface area contributed by atoms with Crippen molar-refractivity contribution < 1.29 is 24.2 Å². The Labute approximate surface area is 237 Å². The topological polar surface area (TPSA) is 93.6 Å².